The Bertz CT molecular complexity index is 572. The molecule has 0 bridgehead atoms. The number of nitrogens with zero attached hydrogens (tertiary/aromatic N) is 1. The van der Waals surface area contributed by atoms with E-state index in [-0.39, 0.29) is 18.7 Å². The molecule has 0 saturated carbocycles. The van der Waals surface area contributed by atoms with E-state index in [0.29, 0.717) is 0 Å². The Morgan fingerprint density at radius 1 is 1.65 bits per heavy atom. The van der Waals surface area contributed by atoms with E-state index in [0.717, 1.165) is 6.07 Å². The number of aliphatic hydroxyl groups excluding tert-OH is 1. The lowest BCUT2D eigenvalue weighted by Crippen LogP contribution is -2.25. The fourth-order valence-electron chi connectivity index (χ4n) is 2.12. The van der Waals surface area contributed by atoms with Gasteiger partial charge in [-0.15, -0.1) is 9.42 Å². The zero-order chi connectivity index (χ0) is 14.9. The molecule has 20 heavy (non-hydrogen) atoms. The molecule has 2 rings (SSSR count). The molecule has 8 nitrogen and oxygen atoms in total. The van der Waals surface area contributed by atoms with Gasteiger partial charge in [-0.3, -0.25) is 4.79 Å². The standard InChI is InChI=1S/C11H14NO7P/c1-6-11(15)7(13)2-3-12(6)10-4-8(14)9(19-10)5-18-20(16)17/h2-3,8-10,14H,4-5H2,1H3,(H-,15,16,17)/t8-,9+,10+/m0/s1. The maximum Gasteiger partial charge on any atom is 0.694 e. The van der Waals surface area contributed by atoms with Crippen molar-refractivity contribution in [2.75, 3.05) is 6.61 Å². The van der Waals surface area contributed by atoms with Gasteiger partial charge in [0, 0.05) is 28.9 Å². The van der Waals surface area contributed by atoms with Crippen LogP contribution >= 0.6 is 8.25 Å². The summed E-state index contributed by atoms with van der Waals surface area (Å²) in [6.45, 7) is 1.26. The molecule has 1 fully saturated rings. The van der Waals surface area contributed by atoms with Crippen LogP contribution in [0.4, 0.5) is 0 Å². The number of rotatable bonds is 4. The minimum absolute atomic E-state index is 0.194. The van der Waals surface area contributed by atoms with Crippen LogP contribution in [-0.2, 0) is 13.8 Å². The first-order chi connectivity index (χ1) is 9.40. The zero-order valence-electron chi connectivity index (χ0n) is 10.6. The minimum Gasteiger partial charge on any atom is -0.869 e. The maximum atomic E-state index is 11.6. The fraction of sp³-hybridized carbons (Fsp3) is 0.545. The highest BCUT2D eigenvalue weighted by molar-refractivity contribution is 7.32. The highest BCUT2D eigenvalue weighted by Gasteiger charge is 2.37. The monoisotopic (exact) mass is 303 g/mol. The number of hydrogen-bond acceptors (Lipinski definition) is 6. The summed E-state index contributed by atoms with van der Waals surface area (Å²) >= 11 is 0. The van der Waals surface area contributed by atoms with Gasteiger partial charge in [-0.25, -0.2) is 0 Å². The number of hydrogen-bond donors (Lipinski definition) is 2. The van der Waals surface area contributed by atoms with Gasteiger partial charge in [-0.05, 0) is 12.7 Å². The third kappa shape index (κ3) is 3.05. The van der Waals surface area contributed by atoms with Crippen LogP contribution in [-0.4, -0.2) is 33.4 Å². The number of ether oxygens (including phenoxy) is 1. The van der Waals surface area contributed by atoms with Gasteiger partial charge >= 0.3 is 8.25 Å². The molecule has 1 aliphatic rings. The summed E-state index contributed by atoms with van der Waals surface area (Å²) in [6, 6.07) is 1.14. The van der Waals surface area contributed by atoms with Gasteiger partial charge in [0.2, 0.25) is 0 Å². The molecule has 0 amide bonds. The second-order valence-corrected chi connectivity index (χ2v) is 5.20. The third-order valence-corrected chi connectivity index (χ3v) is 3.56. The van der Waals surface area contributed by atoms with Crippen LogP contribution in [0.5, 0.6) is 5.75 Å². The normalized spacial score (nSPS) is 26.8. The van der Waals surface area contributed by atoms with E-state index < -0.39 is 37.9 Å². The van der Waals surface area contributed by atoms with Crippen molar-refractivity contribution >= 4 is 8.25 Å². The largest absolute Gasteiger partial charge is 0.869 e. The van der Waals surface area contributed by atoms with E-state index in [4.69, 9.17) is 9.63 Å². The van der Waals surface area contributed by atoms with E-state index in [1.54, 1.807) is 0 Å². The molecule has 0 aliphatic carbocycles. The molecule has 2 heterocycles. The molecule has 1 aromatic rings. The molecule has 1 saturated heterocycles. The quantitative estimate of drug-likeness (QED) is 0.722. The Morgan fingerprint density at radius 3 is 3.00 bits per heavy atom. The van der Waals surface area contributed by atoms with Gasteiger partial charge in [-0.1, -0.05) is 0 Å². The predicted molar refractivity (Wildman–Crippen MR) is 65.2 cm³/mol. The molecule has 2 N–H and O–H groups in total. The average Bonchev–Trinajstić information content (AvgIpc) is 2.75. The highest BCUT2D eigenvalue weighted by atomic mass is 31.1. The minimum atomic E-state index is -2.76. The molecule has 1 aliphatic heterocycles. The van der Waals surface area contributed by atoms with Crippen molar-refractivity contribution in [3.05, 3.63) is 28.2 Å². The maximum absolute atomic E-state index is 11.6. The van der Waals surface area contributed by atoms with Gasteiger partial charge in [0.25, 0.3) is 0 Å². The fourth-order valence-corrected chi connectivity index (χ4v) is 2.39. The van der Waals surface area contributed by atoms with Gasteiger partial charge in [0.05, 0.1) is 6.10 Å². The molecule has 0 aromatic carbocycles. The van der Waals surface area contributed by atoms with Crippen molar-refractivity contribution in [3.63, 3.8) is 0 Å². The summed E-state index contributed by atoms with van der Waals surface area (Å²) in [4.78, 5) is 19.8. The van der Waals surface area contributed by atoms with Gasteiger partial charge < -0.3 is 19.5 Å². The first kappa shape index (κ1) is 15.1. The van der Waals surface area contributed by atoms with Crippen molar-refractivity contribution in [3.8, 4) is 5.75 Å². The molecule has 110 valence electrons. The summed E-state index contributed by atoms with van der Waals surface area (Å²) < 4.78 is 21.9. The van der Waals surface area contributed by atoms with Crippen molar-refractivity contribution in [2.45, 2.75) is 31.8 Å². The molecule has 1 aromatic heterocycles. The number of aliphatic hydroxyl groups is 1. The predicted octanol–water partition coefficient (Wildman–Crippen LogP) is -0.455. The van der Waals surface area contributed by atoms with Gasteiger partial charge in [0.1, 0.15) is 18.9 Å². The summed E-state index contributed by atoms with van der Waals surface area (Å²) in [6.07, 6.45) is -0.654. The molecule has 0 spiro atoms. The van der Waals surface area contributed by atoms with E-state index in [2.05, 4.69) is 4.52 Å². The Balaban J connectivity index is 2.14. The van der Waals surface area contributed by atoms with Crippen molar-refractivity contribution in [2.24, 2.45) is 0 Å². The summed E-state index contributed by atoms with van der Waals surface area (Å²) in [7, 11) is -2.76. The molecule has 9 heteroatoms. The first-order valence-corrected chi connectivity index (χ1v) is 7.04. The molecular formula is C11H14NO7P. The Hall–Kier alpha value is -1.31. The molecule has 0 radical (unpaired) electrons. The van der Waals surface area contributed by atoms with E-state index >= 15 is 0 Å². The lowest BCUT2D eigenvalue weighted by Gasteiger charge is -2.21. The molecule has 4 atom stereocenters. The van der Waals surface area contributed by atoms with Crippen LogP contribution in [0.15, 0.2) is 17.1 Å². The van der Waals surface area contributed by atoms with Gasteiger partial charge in [-0.2, -0.15) is 0 Å². The van der Waals surface area contributed by atoms with Crippen LogP contribution in [0.25, 0.3) is 0 Å². The lowest BCUT2D eigenvalue weighted by molar-refractivity contribution is -0.271. The van der Waals surface area contributed by atoms with Crippen LogP contribution in [0.3, 0.4) is 0 Å². The van der Waals surface area contributed by atoms with E-state index in [1.807, 2.05) is 0 Å². The van der Waals surface area contributed by atoms with Crippen molar-refractivity contribution < 1.29 is 28.9 Å². The molecular weight excluding hydrogens is 289 g/mol. The van der Waals surface area contributed by atoms with Crippen LogP contribution in [0.1, 0.15) is 18.3 Å². The zero-order valence-corrected chi connectivity index (χ0v) is 11.5. The van der Waals surface area contributed by atoms with E-state index in [1.165, 1.54) is 17.7 Å². The Kier molecular flexibility index (Phi) is 4.52. The second kappa shape index (κ2) is 5.99. The lowest BCUT2D eigenvalue weighted by atomic mass is 10.2. The Morgan fingerprint density at radius 2 is 2.35 bits per heavy atom. The first-order valence-electron chi connectivity index (χ1n) is 5.91. The highest BCUT2D eigenvalue weighted by Crippen LogP contribution is 2.31. The van der Waals surface area contributed by atoms with Crippen molar-refractivity contribution in [1.29, 1.82) is 0 Å². The van der Waals surface area contributed by atoms with Crippen LogP contribution in [0.2, 0.25) is 0 Å². The SMILES string of the molecule is Cc1c([O-])c(=O)ccn1[C@H]1C[C@H](O)[C@@H](CO[P+](=O)O)O1. The topological polar surface area (TPSA) is 121 Å². The number of aromatic nitrogens is 1. The van der Waals surface area contributed by atoms with Crippen LogP contribution in [0, 0.1) is 6.92 Å². The Labute approximate surface area is 115 Å². The summed E-state index contributed by atoms with van der Waals surface area (Å²) in [5, 5.41) is 21.4. The van der Waals surface area contributed by atoms with Gasteiger partial charge in [0.15, 0.2) is 5.43 Å². The van der Waals surface area contributed by atoms with Crippen molar-refractivity contribution in [1.82, 2.24) is 4.57 Å². The second-order valence-electron chi connectivity index (χ2n) is 4.47. The smallest absolute Gasteiger partial charge is 0.694 e. The number of pyridine rings is 1. The summed E-state index contributed by atoms with van der Waals surface area (Å²) in [5.74, 6) is -0.622. The van der Waals surface area contributed by atoms with Crippen LogP contribution < -0.4 is 10.5 Å². The van der Waals surface area contributed by atoms with E-state index in [9.17, 15) is 19.6 Å². The summed E-state index contributed by atoms with van der Waals surface area (Å²) in [5.41, 5.74) is -0.390. The third-order valence-electron chi connectivity index (χ3n) is 3.19. The average molecular weight is 303 g/mol. The molecule has 1 unspecified atom stereocenters.